The summed E-state index contributed by atoms with van der Waals surface area (Å²) in [4.78, 5) is 0. The van der Waals surface area contributed by atoms with Crippen LogP contribution in [0.25, 0.3) is 10.9 Å². The van der Waals surface area contributed by atoms with Crippen molar-refractivity contribution < 1.29 is 0 Å². The molecule has 0 spiro atoms. The topological polar surface area (TPSA) is 17.8 Å². The van der Waals surface area contributed by atoms with E-state index in [4.69, 9.17) is 7.85 Å². The van der Waals surface area contributed by atoms with Crippen LogP contribution in [0.5, 0.6) is 0 Å². The normalized spacial score (nSPS) is 10.8. The van der Waals surface area contributed by atoms with Gasteiger partial charge in [0.1, 0.15) is 7.85 Å². The second-order valence-corrected chi connectivity index (χ2v) is 3.19. The van der Waals surface area contributed by atoms with E-state index in [1.165, 1.54) is 0 Å². The lowest BCUT2D eigenvalue weighted by Gasteiger charge is -2.00. The summed E-state index contributed by atoms with van der Waals surface area (Å²) in [5.41, 5.74) is 1.96. The van der Waals surface area contributed by atoms with Crippen LogP contribution in [0.2, 0.25) is 0 Å². The fourth-order valence-electron chi connectivity index (χ4n) is 1.50. The molecule has 2 radical (unpaired) electrons. The summed E-state index contributed by atoms with van der Waals surface area (Å²) in [5, 5.41) is 5.41. The van der Waals surface area contributed by atoms with Crippen LogP contribution in [0.4, 0.5) is 0 Å². The van der Waals surface area contributed by atoms with E-state index in [9.17, 15) is 0 Å². The van der Waals surface area contributed by atoms with Gasteiger partial charge in [-0.25, -0.2) is 0 Å². The van der Waals surface area contributed by atoms with Crippen molar-refractivity contribution in [2.24, 2.45) is 0 Å². The molecule has 1 heterocycles. The van der Waals surface area contributed by atoms with Gasteiger partial charge in [0.05, 0.1) is 11.7 Å². The molecule has 2 rings (SSSR count). The molecule has 2 nitrogen and oxygen atoms in total. The van der Waals surface area contributed by atoms with E-state index in [0.717, 1.165) is 29.3 Å². The first-order valence-corrected chi connectivity index (χ1v) is 4.52. The van der Waals surface area contributed by atoms with Crippen LogP contribution in [0.15, 0.2) is 24.4 Å². The van der Waals surface area contributed by atoms with Crippen molar-refractivity contribution in [3.05, 3.63) is 24.4 Å². The molecule has 0 fully saturated rings. The number of rotatable bonds is 2. The number of fused-ring (bicyclic) bond motifs is 1. The molecule has 0 unspecified atom stereocenters. The van der Waals surface area contributed by atoms with Gasteiger partial charge in [-0.05, 0) is 12.5 Å². The minimum absolute atomic E-state index is 0.795. The zero-order valence-electron chi connectivity index (χ0n) is 7.70. The van der Waals surface area contributed by atoms with Crippen molar-refractivity contribution in [3.8, 4) is 0 Å². The van der Waals surface area contributed by atoms with E-state index < -0.39 is 0 Å². The molecule has 1 aromatic carbocycles. The highest BCUT2D eigenvalue weighted by Crippen LogP contribution is 2.11. The first-order chi connectivity index (χ1) is 6.31. The molecule has 0 amide bonds. The van der Waals surface area contributed by atoms with Gasteiger partial charge in [0.25, 0.3) is 0 Å². The molecular formula is C10H11BN2. The molecule has 1 aromatic heterocycles. The molecule has 0 aliphatic carbocycles. The lowest BCUT2D eigenvalue weighted by Crippen LogP contribution is -2.01. The van der Waals surface area contributed by atoms with Gasteiger partial charge in [0, 0.05) is 11.9 Å². The van der Waals surface area contributed by atoms with Crippen LogP contribution in [0.1, 0.15) is 13.3 Å². The Hall–Kier alpha value is -1.25. The SMILES string of the molecule is [B]c1ccc2c(cnn2CCC)c1. The quantitative estimate of drug-likeness (QED) is 0.620. The second kappa shape index (κ2) is 3.25. The fourth-order valence-corrected chi connectivity index (χ4v) is 1.50. The summed E-state index contributed by atoms with van der Waals surface area (Å²) >= 11 is 0. The predicted molar refractivity (Wildman–Crippen MR) is 55.4 cm³/mol. The van der Waals surface area contributed by atoms with Gasteiger partial charge in [0.15, 0.2) is 0 Å². The van der Waals surface area contributed by atoms with Crippen molar-refractivity contribution in [2.75, 3.05) is 0 Å². The highest BCUT2D eigenvalue weighted by molar-refractivity contribution is 6.33. The number of hydrogen-bond acceptors (Lipinski definition) is 1. The average molecular weight is 170 g/mol. The monoisotopic (exact) mass is 170 g/mol. The van der Waals surface area contributed by atoms with Gasteiger partial charge in [-0.1, -0.05) is 24.5 Å². The van der Waals surface area contributed by atoms with Crippen LogP contribution in [-0.2, 0) is 6.54 Å². The second-order valence-electron chi connectivity index (χ2n) is 3.19. The van der Waals surface area contributed by atoms with Crippen molar-refractivity contribution in [1.29, 1.82) is 0 Å². The first kappa shape index (κ1) is 8.36. The van der Waals surface area contributed by atoms with Crippen LogP contribution >= 0.6 is 0 Å². The minimum atomic E-state index is 0.795. The number of nitrogens with zero attached hydrogens (tertiary/aromatic N) is 2. The van der Waals surface area contributed by atoms with E-state index >= 15 is 0 Å². The van der Waals surface area contributed by atoms with Gasteiger partial charge in [-0.15, -0.1) is 0 Å². The Morgan fingerprint density at radius 3 is 3.08 bits per heavy atom. The maximum Gasteiger partial charge on any atom is 0.113 e. The van der Waals surface area contributed by atoms with Crippen LogP contribution in [0.3, 0.4) is 0 Å². The number of aromatic nitrogens is 2. The fraction of sp³-hybridized carbons (Fsp3) is 0.300. The minimum Gasteiger partial charge on any atom is -0.265 e. The highest BCUT2D eigenvalue weighted by Gasteiger charge is 2.00. The molecule has 0 saturated carbocycles. The first-order valence-electron chi connectivity index (χ1n) is 4.52. The lowest BCUT2D eigenvalue weighted by molar-refractivity contribution is 0.622. The van der Waals surface area contributed by atoms with Crippen molar-refractivity contribution in [2.45, 2.75) is 19.9 Å². The summed E-state index contributed by atoms with van der Waals surface area (Å²) in [6.07, 6.45) is 2.96. The molecule has 2 aromatic rings. The van der Waals surface area contributed by atoms with Gasteiger partial charge in [-0.2, -0.15) is 5.10 Å². The lowest BCUT2D eigenvalue weighted by atomic mass is 9.95. The van der Waals surface area contributed by atoms with E-state index in [2.05, 4.69) is 12.0 Å². The maximum absolute atomic E-state index is 5.67. The number of aryl methyl sites for hydroxylation is 1. The molecule has 0 N–H and O–H groups in total. The summed E-state index contributed by atoms with van der Waals surface area (Å²) < 4.78 is 2.01. The Kier molecular flexibility index (Phi) is 2.09. The summed E-state index contributed by atoms with van der Waals surface area (Å²) in [7, 11) is 5.67. The van der Waals surface area contributed by atoms with Crippen LogP contribution in [0, 0.1) is 0 Å². The Morgan fingerprint density at radius 2 is 2.31 bits per heavy atom. The van der Waals surface area contributed by atoms with Crippen LogP contribution < -0.4 is 5.46 Å². The number of hydrogen-bond donors (Lipinski definition) is 0. The van der Waals surface area contributed by atoms with Gasteiger partial charge >= 0.3 is 0 Å². The summed E-state index contributed by atoms with van der Waals surface area (Å²) in [6.45, 7) is 3.11. The molecule has 0 bridgehead atoms. The van der Waals surface area contributed by atoms with E-state index in [0.29, 0.717) is 0 Å². The molecule has 0 saturated heterocycles. The molecule has 64 valence electrons. The Balaban J connectivity index is 2.55. The van der Waals surface area contributed by atoms with Crippen molar-refractivity contribution in [1.82, 2.24) is 9.78 Å². The Morgan fingerprint density at radius 1 is 1.46 bits per heavy atom. The van der Waals surface area contributed by atoms with Crippen molar-refractivity contribution in [3.63, 3.8) is 0 Å². The summed E-state index contributed by atoms with van der Waals surface area (Å²) in [5.74, 6) is 0. The Bertz CT molecular complexity index is 420. The molecule has 0 atom stereocenters. The highest BCUT2D eigenvalue weighted by atomic mass is 15.3. The van der Waals surface area contributed by atoms with Gasteiger partial charge < -0.3 is 0 Å². The maximum atomic E-state index is 5.67. The third-order valence-corrected chi connectivity index (χ3v) is 2.10. The van der Waals surface area contributed by atoms with E-state index in [1.54, 1.807) is 0 Å². The average Bonchev–Trinajstić information content (AvgIpc) is 2.49. The molecule has 0 aliphatic rings. The largest absolute Gasteiger partial charge is 0.265 e. The third-order valence-electron chi connectivity index (χ3n) is 2.10. The molecular weight excluding hydrogens is 159 g/mol. The standard InChI is InChI=1S/C10H11BN2/c1-2-5-13-10-4-3-9(11)6-8(10)7-12-13/h3-4,6-7H,2,5H2,1H3. The van der Waals surface area contributed by atoms with E-state index in [1.807, 2.05) is 29.1 Å². The predicted octanol–water partition coefficient (Wildman–Crippen LogP) is 1.24. The molecule has 3 heteroatoms. The van der Waals surface area contributed by atoms with Crippen molar-refractivity contribution >= 4 is 24.2 Å². The zero-order valence-corrected chi connectivity index (χ0v) is 7.70. The van der Waals surface area contributed by atoms with Gasteiger partial charge in [0.2, 0.25) is 0 Å². The number of benzene rings is 1. The zero-order chi connectivity index (χ0) is 9.26. The van der Waals surface area contributed by atoms with Crippen LogP contribution in [-0.4, -0.2) is 17.6 Å². The molecule has 0 aliphatic heterocycles. The smallest absolute Gasteiger partial charge is 0.113 e. The molecule has 13 heavy (non-hydrogen) atoms. The Labute approximate surface area is 79.0 Å². The third kappa shape index (κ3) is 1.46. The van der Waals surface area contributed by atoms with Gasteiger partial charge in [-0.3, -0.25) is 4.68 Å². The summed E-state index contributed by atoms with van der Waals surface area (Å²) in [6, 6.07) is 5.89. The van der Waals surface area contributed by atoms with E-state index in [-0.39, 0.29) is 0 Å².